The first-order chi connectivity index (χ1) is 6.72. The molecule has 0 spiro atoms. The van der Waals surface area contributed by atoms with Crippen molar-refractivity contribution < 1.29 is 0 Å². The van der Waals surface area contributed by atoms with Crippen molar-refractivity contribution >= 4 is 26.8 Å². The molecule has 0 aliphatic carbocycles. The fraction of sp³-hybridized carbons (Fsp3) is 0.333. The zero-order chi connectivity index (χ0) is 10.1. The number of halogens is 1. The molecule has 1 heterocycles. The summed E-state index contributed by atoms with van der Waals surface area (Å²) < 4.78 is 3.48. The summed E-state index contributed by atoms with van der Waals surface area (Å²) in [6, 6.07) is 9.17. The summed E-state index contributed by atoms with van der Waals surface area (Å²) >= 11 is 3.51. The van der Waals surface area contributed by atoms with Gasteiger partial charge in [0.05, 0.1) is 0 Å². The molecule has 2 rings (SSSR count). The van der Waals surface area contributed by atoms with Gasteiger partial charge >= 0.3 is 0 Å². The quantitative estimate of drug-likeness (QED) is 0.747. The third-order valence-corrected chi connectivity index (χ3v) is 3.24. The van der Waals surface area contributed by atoms with Crippen LogP contribution < -0.4 is 0 Å². The first kappa shape index (κ1) is 9.78. The van der Waals surface area contributed by atoms with Crippen LogP contribution in [0.5, 0.6) is 0 Å². The van der Waals surface area contributed by atoms with Gasteiger partial charge in [0.1, 0.15) is 0 Å². The summed E-state index contributed by atoms with van der Waals surface area (Å²) in [4.78, 5) is 0. The smallest absolute Gasteiger partial charge is 0.0494 e. The van der Waals surface area contributed by atoms with Crippen LogP contribution in [0.15, 0.2) is 34.9 Å². The number of benzene rings is 1. The minimum Gasteiger partial charge on any atom is -0.345 e. The maximum absolute atomic E-state index is 3.51. The summed E-state index contributed by atoms with van der Waals surface area (Å²) in [6.45, 7) is 4.47. The van der Waals surface area contributed by atoms with Gasteiger partial charge in [0.25, 0.3) is 0 Å². The Balaban J connectivity index is 2.61. The monoisotopic (exact) mass is 251 g/mol. The molecule has 0 fully saturated rings. The third-order valence-electron chi connectivity index (χ3n) is 2.75. The summed E-state index contributed by atoms with van der Waals surface area (Å²) in [5.41, 5.74) is 1.31. The third kappa shape index (κ3) is 1.59. The van der Waals surface area contributed by atoms with Gasteiger partial charge in [0.2, 0.25) is 0 Å². The van der Waals surface area contributed by atoms with E-state index in [4.69, 9.17) is 0 Å². The van der Waals surface area contributed by atoms with Gasteiger partial charge in [-0.2, -0.15) is 0 Å². The molecule has 2 heteroatoms. The number of hydrogen-bond donors (Lipinski definition) is 0. The Morgan fingerprint density at radius 2 is 2.14 bits per heavy atom. The molecule has 0 radical (unpaired) electrons. The van der Waals surface area contributed by atoms with E-state index in [-0.39, 0.29) is 0 Å². The van der Waals surface area contributed by atoms with Crippen LogP contribution in [0.25, 0.3) is 10.9 Å². The van der Waals surface area contributed by atoms with E-state index < -0.39 is 0 Å². The van der Waals surface area contributed by atoms with E-state index in [1.165, 1.54) is 10.9 Å². The summed E-state index contributed by atoms with van der Waals surface area (Å²) in [6.07, 6.45) is 3.33. The number of rotatable bonds is 2. The van der Waals surface area contributed by atoms with E-state index in [0.29, 0.717) is 6.04 Å². The molecule has 0 aliphatic heterocycles. The Morgan fingerprint density at radius 3 is 2.86 bits per heavy atom. The van der Waals surface area contributed by atoms with Crippen molar-refractivity contribution in [2.75, 3.05) is 0 Å². The lowest BCUT2D eigenvalue weighted by molar-refractivity contribution is 0.548. The highest BCUT2D eigenvalue weighted by Gasteiger charge is 2.05. The molecule has 1 atom stereocenters. The van der Waals surface area contributed by atoms with E-state index in [2.05, 4.69) is 64.8 Å². The second kappa shape index (κ2) is 3.77. The predicted octanol–water partition coefficient (Wildman–Crippen LogP) is 4.37. The lowest BCUT2D eigenvalue weighted by Gasteiger charge is -2.12. The second-order valence-electron chi connectivity index (χ2n) is 3.68. The van der Waals surface area contributed by atoms with E-state index >= 15 is 0 Å². The molecule has 2 aromatic rings. The molecular weight excluding hydrogens is 238 g/mol. The van der Waals surface area contributed by atoms with Crippen LogP contribution in [-0.4, -0.2) is 4.57 Å². The molecular formula is C12H14BrN. The van der Waals surface area contributed by atoms with Crippen LogP contribution in [0.2, 0.25) is 0 Å². The molecule has 0 saturated heterocycles. The topological polar surface area (TPSA) is 4.93 Å². The van der Waals surface area contributed by atoms with Gasteiger partial charge in [0, 0.05) is 22.2 Å². The summed E-state index contributed by atoms with van der Waals surface area (Å²) in [7, 11) is 0. The van der Waals surface area contributed by atoms with Crippen molar-refractivity contribution in [1.29, 1.82) is 0 Å². The van der Waals surface area contributed by atoms with Crippen molar-refractivity contribution in [2.24, 2.45) is 0 Å². The number of hydrogen-bond acceptors (Lipinski definition) is 0. The van der Waals surface area contributed by atoms with Gasteiger partial charge < -0.3 is 4.57 Å². The average molecular weight is 252 g/mol. The Kier molecular flexibility index (Phi) is 2.64. The number of nitrogens with zero attached hydrogens (tertiary/aromatic N) is 1. The van der Waals surface area contributed by atoms with Gasteiger partial charge in [-0.05, 0) is 36.9 Å². The Morgan fingerprint density at radius 1 is 1.36 bits per heavy atom. The molecule has 0 bridgehead atoms. The van der Waals surface area contributed by atoms with Gasteiger partial charge in [-0.3, -0.25) is 0 Å². The van der Waals surface area contributed by atoms with Gasteiger partial charge in [-0.1, -0.05) is 28.9 Å². The normalized spacial score (nSPS) is 13.4. The molecule has 1 aromatic heterocycles. The van der Waals surface area contributed by atoms with Gasteiger partial charge in [-0.15, -0.1) is 0 Å². The van der Waals surface area contributed by atoms with Crippen LogP contribution in [0.4, 0.5) is 0 Å². The Hall–Kier alpha value is -0.760. The SMILES string of the molecule is CCC(C)n1ccc2ccc(Br)cc21. The van der Waals surface area contributed by atoms with Crippen LogP contribution in [0, 0.1) is 0 Å². The summed E-state index contributed by atoms with van der Waals surface area (Å²) in [5.74, 6) is 0. The molecule has 74 valence electrons. The van der Waals surface area contributed by atoms with Crippen molar-refractivity contribution in [1.82, 2.24) is 4.57 Å². The highest BCUT2D eigenvalue weighted by Crippen LogP contribution is 2.24. The van der Waals surface area contributed by atoms with E-state index in [1.54, 1.807) is 0 Å². The van der Waals surface area contributed by atoms with Gasteiger partial charge in [-0.25, -0.2) is 0 Å². The standard InChI is InChI=1S/C12H14BrN/c1-3-9(2)14-7-6-10-4-5-11(13)8-12(10)14/h4-9H,3H2,1-2H3. The van der Waals surface area contributed by atoms with E-state index in [9.17, 15) is 0 Å². The molecule has 0 saturated carbocycles. The van der Waals surface area contributed by atoms with Crippen molar-refractivity contribution in [3.63, 3.8) is 0 Å². The van der Waals surface area contributed by atoms with Crippen molar-refractivity contribution in [2.45, 2.75) is 26.3 Å². The van der Waals surface area contributed by atoms with Crippen LogP contribution in [-0.2, 0) is 0 Å². The largest absolute Gasteiger partial charge is 0.345 e. The predicted molar refractivity (Wildman–Crippen MR) is 64.6 cm³/mol. The highest BCUT2D eigenvalue weighted by atomic mass is 79.9. The van der Waals surface area contributed by atoms with Crippen molar-refractivity contribution in [3.05, 3.63) is 34.9 Å². The number of aromatic nitrogens is 1. The fourth-order valence-electron chi connectivity index (χ4n) is 1.70. The first-order valence-electron chi connectivity index (χ1n) is 4.98. The lowest BCUT2D eigenvalue weighted by atomic mass is 10.2. The van der Waals surface area contributed by atoms with E-state index in [0.717, 1.165) is 10.9 Å². The molecule has 14 heavy (non-hydrogen) atoms. The lowest BCUT2D eigenvalue weighted by Crippen LogP contribution is -2.01. The van der Waals surface area contributed by atoms with Crippen molar-refractivity contribution in [3.8, 4) is 0 Å². The Bertz CT molecular complexity index is 445. The molecule has 1 aromatic carbocycles. The molecule has 1 unspecified atom stereocenters. The fourth-order valence-corrected chi connectivity index (χ4v) is 2.05. The highest BCUT2D eigenvalue weighted by molar-refractivity contribution is 9.10. The summed E-state index contributed by atoms with van der Waals surface area (Å²) in [5, 5.41) is 1.31. The molecule has 1 nitrogen and oxygen atoms in total. The number of fused-ring (bicyclic) bond motifs is 1. The minimum absolute atomic E-state index is 0.571. The molecule has 0 amide bonds. The zero-order valence-corrected chi connectivity index (χ0v) is 10.1. The first-order valence-corrected chi connectivity index (χ1v) is 5.77. The van der Waals surface area contributed by atoms with E-state index in [1.807, 2.05) is 0 Å². The minimum atomic E-state index is 0.571. The van der Waals surface area contributed by atoms with Crippen LogP contribution in [0.1, 0.15) is 26.3 Å². The maximum Gasteiger partial charge on any atom is 0.0494 e. The van der Waals surface area contributed by atoms with Crippen LogP contribution >= 0.6 is 15.9 Å². The maximum atomic E-state index is 3.51. The zero-order valence-electron chi connectivity index (χ0n) is 8.50. The molecule has 0 N–H and O–H groups in total. The average Bonchev–Trinajstić information content (AvgIpc) is 2.59. The molecule has 0 aliphatic rings. The Labute approximate surface area is 92.9 Å². The van der Waals surface area contributed by atoms with Gasteiger partial charge in [0.15, 0.2) is 0 Å². The van der Waals surface area contributed by atoms with Crippen LogP contribution in [0.3, 0.4) is 0 Å². The second-order valence-corrected chi connectivity index (χ2v) is 4.60.